The van der Waals surface area contributed by atoms with E-state index in [-0.39, 0.29) is 0 Å². The maximum absolute atomic E-state index is 5.25. The Morgan fingerprint density at radius 3 is 2.17 bits per heavy atom. The van der Waals surface area contributed by atoms with E-state index in [9.17, 15) is 0 Å². The van der Waals surface area contributed by atoms with Gasteiger partial charge in [-0.2, -0.15) is 9.61 Å². The number of methoxy groups -OCH3 is 1. The third-order valence-corrected chi connectivity index (χ3v) is 5.14. The van der Waals surface area contributed by atoms with Crippen molar-refractivity contribution in [2.75, 3.05) is 7.11 Å². The lowest BCUT2D eigenvalue weighted by Gasteiger charge is -2.09. The van der Waals surface area contributed by atoms with Crippen LogP contribution in [-0.2, 0) is 12.8 Å². The van der Waals surface area contributed by atoms with Crippen molar-refractivity contribution in [3.8, 4) is 5.75 Å². The Bertz CT molecular complexity index is 1280. The number of hydrogen-bond donors (Lipinski definition) is 0. The second-order valence-electron chi connectivity index (χ2n) is 7.03. The van der Waals surface area contributed by atoms with E-state index in [1.54, 1.807) is 7.11 Å². The summed E-state index contributed by atoms with van der Waals surface area (Å²) in [4.78, 5) is 0. The number of hydrogen-bond acceptors (Lipinski definition) is 4. The van der Waals surface area contributed by atoms with Crippen molar-refractivity contribution in [1.29, 1.82) is 0 Å². The van der Waals surface area contributed by atoms with Gasteiger partial charge in [0.15, 0.2) is 11.5 Å². The van der Waals surface area contributed by atoms with E-state index in [1.165, 1.54) is 5.56 Å². The number of nitrogens with zero attached hydrogens (tertiary/aromatic N) is 4. The van der Waals surface area contributed by atoms with Gasteiger partial charge in [-0.3, -0.25) is 0 Å². The Morgan fingerprint density at radius 2 is 1.41 bits per heavy atom. The SMILES string of the molecule is COc1ccc(Cc2nnc3c4ccccc4c(Cc4ccccc4)nn23)cc1. The van der Waals surface area contributed by atoms with E-state index in [2.05, 4.69) is 46.6 Å². The highest BCUT2D eigenvalue weighted by molar-refractivity contribution is 5.95. The van der Waals surface area contributed by atoms with Crippen molar-refractivity contribution < 1.29 is 4.74 Å². The molecule has 0 saturated heterocycles. The molecule has 29 heavy (non-hydrogen) atoms. The van der Waals surface area contributed by atoms with Crippen LogP contribution in [0.1, 0.15) is 22.6 Å². The molecule has 0 fully saturated rings. The molecular weight excluding hydrogens is 360 g/mol. The standard InChI is InChI=1S/C24H20N4O/c1-29-19-13-11-18(12-14-19)16-23-25-26-24-21-10-6-5-9-20(21)22(27-28(23)24)15-17-7-3-2-4-8-17/h2-14H,15-16H2,1H3. The maximum Gasteiger partial charge on any atom is 0.185 e. The van der Waals surface area contributed by atoms with E-state index in [0.29, 0.717) is 6.42 Å². The van der Waals surface area contributed by atoms with Gasteiger partial charge in [-0.15, -0.1) is 10.2 Å². The molecule has 142 valence electrons. The molecule has 0 N–H and O–H groups in total. The summed E-state index contributed by atoms with van der Waals surface area (Å²) in [5, 5.41) is 16.0. The third kappa shape index (κ3) is 3.31. The summed E-state index contributed by atoms with van der Waals surface area (Å²) in [6.07, 6.45) is 1.42. The van der Waals surface area contributed by atoms with Gasteiger partial charge in [-0.05, 0) is 23.3 Å². The van der Waals surface area contributed by atoms with Crippen molar-refractivity contribution in [3.63, 3.8) is 0 Å². The summed E-state index contributed by atoms with van der Waals surface area (Å²) in [5.41, 5.74) is 4.19. The number of aromatic nitrogens is 4. The minimum absolute atomic E-state index is 0.654. The minimum Gasteiger partial charge on any atom is -0.497 e. The number of benzene rings is 3. The molecule has 5 rings (SSSR count). The van der Waals surface area contributed by atoms with E-state index >= 15 is 0 Å². The molecule has 0 aliphatic heterocycles. The summed E-state index contributed by atoms with van der Waals surface area (Å²) in [5.74, 6) is 1.67. The van der Waals surface area contributed by atoms with Crippen molar-refractivity contribution in [2.45, 2.75) is 12.8 Å². The average molecular weight is 380 g/mol. The molecule has 5 nitrogen and oxygen atoms in total. The first-order valence-corrected chi connectivity index (χ1v) is 9.60. The van der Waals surface area contributed by atoms with Crippen LogP contribution in [0, 0.1) is 0 Å². The fourth-order valence-corrected chi connectivity index (χ4v) is 3.65. The molecule has 2 aromatic heterocycles. The van der Waals surface area contributed by atoms with Crippen LogP contribution >= 0.6 is 0 Å². The molecule has 0 atom stereocenters. The maximum atomic E-state index is 5.25. The van der Waals surface area contributed by atoms with Crippen molar-refractivity contribution in [3.05, 3.63) is 102 Å². The van der Waals surface area contributed by atoms with E-state index < -0.39 is 0 Å². The zero-order chi connectivity index (χ0) is 19.6. The largest absolute Gasteiger partial charge is 0.497 e. The zero-order valence-corrected chi connectivity index (χ0v) is 16.1. The van der Waals surface area contributed by atoms with Gasteiger partial charge in [0.05, 0.1) is 12.8 Å². The Balaban J connectivity index is 1.61. The Hall–Kier alpha value is -3.73. The van der Waals surface area contributed by atoms with Gasteiger partial charge in [0.2, 0.25) is 0 Å². The zero-order valence-electron chi connectivity index (χ0n) is 16.1. The van der Waals surface area contributed by atoms with Crippen molar-refractivity contribution in [2.24, 2.45) is 0 Å². The topological polar surface area (TPSA) is 52.3 Å². The average Bonchev–Trinajstić information content (AvgIpc) is 3.18. The molecule has 0 radical (unpaired) electrons. The van der Waals surface area contributed by atoms with E-state index in [0.717, 1.165) is 45.7 Å². The normalized spacial score (nSPS) is 11.2. The minimum atomic E-state index is 0.654. The lowest BCUT2D eigenvalue weighted by atomic mass is 10.0. The predicted molar refractivity (Wildman–Crippen MR) is 113 cm³/mol. The van der Waals surface area contributed by atoms with Gasteiger partial charge in [-0.25, -0.2) is 0 Å². The second-order valence-corrected chi connectivity index (χ2v) is 7.03. The first-order valence-electron chi connectivity index (χ1n) is 9.60. The molecule has 5 heteroatoms. The number of ether oxygens (including phenoxy) is 1. The van der Waals surface area contributed by atoms with Gasteiger partial charge in [0.1, 0.15) is 5.75 Å². The highest BCUT2D eigenvalue weighted by atomic mass is 16.5. The molecule has 2 heterocycles. The molecular formula is C24H20N4O. The van der Waals surface area contributed by atoms with Crippen LogP contribution in [0.4, 0.5) is 0 Å². The molecule has 0 aliphatic rings. The Kier molecular flexibility index (Phi) is 4.41. The summed E-state index contributed by atoms with van der Waals surface area (Å²) >= 11 is 0. The van der Waals surface area contributed by atoms with Crippen LogP contribution in [0.5, 0.6) is 5.75 Å². The summed E-state index contributed by atoms with van der Waals surface area (Å²) in [6, 6.07) is 26.7. The summed E-state index contributed by atoms with van der Waals surface area (Å²) < 4.78 is 7.14. The van der Waals surface area contributed by atoms with Crippen LogP contribution in [0.15, 0.2) is 78.9 Å². The monoisotopic (exact) mass is 380 g/mol. The lowest BCUT2D eigenvalue weighted by Crippen LogP contribution is -2.05. The summed E-state index contributed by atoms with van der Waals surface area (Å²) in [6.45, 7) is 0. The predicted octanol–water partition coefficient (Wildman–Crippen LogP) is 4.47. The smallest absolute Gasteiger partial charge is 0.185 e. The quantitative estimate of drug-likeness (QED) is 0.451. The third-order valence-electron chi connectivity index (χ3n) is 5.14. The molecule has 3 aromatic carbocycles. The molecule has 0 aliphatic carbocycles. The lowest BCUT2D eigenvalue weighted by molar-refractivity contribution is 0.414. The van der Waals surface area contributed by atoms with Gasteiger partial charge in [0, 0.05) is 23.6 Å². The van der Waals surface area contributed by atoms with Crippen LogP contribution in [0.2, 0.25) is 0 Å². The van der Waals surface area contributed by atoms with Crippen LogP contribution in [0.3, 0.4) is 0 Å². The van der Waals surface area contributed by atoms with Crippen LogP contribution in [-0.4, -0.2) is 26.9 Å². The molecule has 0 amide bonds. The molecule has 0 bridgehead atoms. The Labute approximate surface area is 168 Å². The highest BCUT2D eigenvalue weighted by Crippen LogP contribution is 2.24. The van der Waals surface area contributed by atoms with Crippen LogP contribution < -0.4 is 4.74 Å². The fraction of sp³-hybridized carbons (Fsp3) is 0.125. The number of fused-ring (bicyclic) bond motifs is 3. The van der Waals surface area contributed by atoms with E-state index in [1.807, 2.05) is 47.0 Å². The van der Waals surface area contributed by atoms with Gasteiger partial charge < -0.3 is 4.74 Å². The Morgan fingerprint density at radius 1 is 0.724 bits per heavy atom. The molecule has 0 spiro atoms. The second kappa shape index (κ2) is 7.36. The first kappa shape index (κ1) is 17.4. The van der Waals surface area contributed by atoms with Gasteiger partial charge in [-0.1, -0.05) is 66.7 Å². The van der Waals surface area contributed by atoms with Gasteiger partial charge in [0.25, 0.3) is 0 Å². The fourth-order valence-electron chi connectivity index (χ4n) is 3.65. The van der Waals surface area contributed by atoms with Crippen molar-refractivity contribution in [1.82, 2.24) is 19.8 Å². The molecule has 0 unspecified atom stereocenters. The number of rotatable bonds is 5. The highest BCUT2D eigenvalue weighted by Gasteiger charge is 2.14. The first-order chi connectivity index (χ1) is 14.3. The molecule has 5 aromatic rings. The van der Waals surface area contributed by atoms with Crippen LogP contribution in [0.25, 0.3) is 16.4 Å². The summed E-state index contributed by atoms with van der Waals surface area (Å²) in [7, 11) is 1.67. The van der Waals surface area contributed by atoms with Gasteiger partial charge >= 0.3 is 0 Å². The van der Waals surface area contributed by atoms with E-state index in [4.69, 9.17) is 9.84 Å². The van der Waals surface area contributed by atoms with Crippen molar-refractivity contribution >= 4 is 16.4 Å². The molecule has 0 saturated carbocycles.